The fraction of sp³-hybridized carbons (Fsp3) is 0.929. The van der Waals surface area contributed by atoms with Crippen molar-refractivity contribution >= 4 is 5.91 Å². The molecule has 3 atom stereocenters. The first-order valence-electron chi connectivity index (χ1n) is 7.35. The van der Waals surface area contributed by atoms with E-state index in [-0.39, 0.29) is 24.2 Å². The Bertz CT molecular complexity index is 264. The van der Waals surface area contributed by atoms with Gasteiger partial charge < -0.3 is 15.2 Å². The number of carbonyl (C=O) groups excluding carboxylic acids is 1. The van der Waals surface area contributed by atoms with Gasteiger partial charge in [-0.2, -0.15) is 0 Å². The molecule has 1 heterocycles. The van der Waals surface area contributed by atoms with Crippen LogP contribution in [0.2, 0.25) is 0 Å². The Kier molecular flexibility index (Phi) is 5.45. The van der Waals surface area contributed by atoms with Gasteiger partial charge in [0.05, 0.1) is 18.2 Å². The molecule has 2 aliphatic rings. The Balaban J connectivity index is 1.68. The van der Waals surface area contributed by atoms with E-state index in [0.717, 1.165) is 51.6 Å². The van der Waals surface area contributed by atoms with E-state index >= 15 is 0 Å². The smallest absolute Gasteiger partial charge is 0.220 e. The van der Waals surface area contributed by atoms with Gasteiger partial charge in [-0.05, 0) is 32.1 Å². The average molecular weight is 255 g/mol. The number of carbonyl (C=O) groups is 1. The van der Waals surface area contributed by atoms with Crippen molar-refractivity contribution in [3.63, 3.8) is 0 Å². The van der Waals surface area contributed by atoms with Crippen molar-refractivity contribution in [1.82, 2.24) is 5.32 Å². The fourth-order valence-corrected chi connectivity index (χ4v) is 2.90. The summed E-state index contributed by atoms with van der Waals surface area (Å²) < 4.78 is 5.51. The summed E-state index contributed by atoms with van der Waals surface area (Å²) in [6.45, 7) is 0.841. The molecule has 1 aliphatic heterocycles. The standard InChI is InChI=1S/C14H25NO3/c16-13-7-3-1-2-6-12(13)15-14(17)9-8-11-5-4-10-18-11/h11-13,16H,1-10H2,(H,15,17). The van der Waals surface area contributed by atoms with E-state index < -0.39 is 0 Å². The summed E-state index contributed by atoms with van der Waals surface area (Å²) in [6.07, 6.45) is 8.52. The van der Waals surface area contributed by atoms with Crippen LogP contribution in [-0.2, 0) is 9.53 Å². The van der Waals surface area contributed by atoms with Crippen molar-refractivity contribution in [2.24, 2.45) is 0 Å². The quantitative estimate of drug-likeness (QED) is 0.753. The highest BCUT2D eigenvalue weighted by molar-refractivity contribution is 5.76. The summed E-state index contributed by atoms with van der Waals surface area (Å²) in [5.41, 5.74) is 0. The highest BCUT2D eigenvalue weighted by Crippen LogP contribution is 2.19. The largest absolute Gasteiger partial charge is 0.391 e. The van der Waals surface area contributed by atoms with Crippen molar-refractivity contribution < 1.29 is 14.6 Å². The minimum Gasteiger partial charge on any atom is -0.391 e. The van der Waals surface area contributed by atoms with Gasteiger partial charge in [-0.25, -0.2) is 0 Å². The van der Waals surface area contributed by atoms with Crippen LogP contribution in [0.1, 0.15) is 57.8 Å². The van der Waals surface area contributed by atoms with Gasteiger partial charge in [-0.1, -0.05) is 19.3 Å². The number of nitrogens with one attached hydrogen (secondary N) is 1. The van der Waals surface area contributed by atoms with Crippen LogP contribution in [0.15, 0.2) is 0 Å². The zero-order valence-electron chi connectivity index (χ0n) is 11.1. The number of ether oxygens (including phenoxy) is 1. The van der Waals surface area contributed by atoms with E-state index in [1.54, 1.807) is 0 Å². The van der Waals surface area contributed by atoms with Gasteiger partial charge in [0.1, 0.15) is 0 Å². The minimum atomic E-state index is -0.362. The monoisotopic (exact) mass is 255 g/mol. The first-order chi connectivity index (χ1) is 8.75. The molecular weight excluding hydrogens is 230 g/mol. The lowest BCUT2D eigenvalue weighted by atomic mass is 10.1. The van der Waals surface area contributed by atoms with E-state index in [4.69, 9.17) is 4.74 Å². The SMILES string of the molecule is O=C(CCC1CCCO1)NC1CCCCCC1O. The molecule has 0 aromatic rings. The summed E-state index contributed by atoms with van der Waals surface area (Å²) in [6, 6.07) is -0.0375. The Hall–Kier alpha value is -0.610. The molecule has 3 unspecified atom stereocenters. The third-order valence-corrected chi connectivity index (χ3v) is 4.04. The summed E-state index contributed by atoms with van der Waals surface area (Å²) in [5.74, 6) is 0.0662. The van der Waals surface area contributed by atoms with Gasteiger partial charge in [0, 0.05) is 13.0 Å². The van der Waals surface area contributed by atoms with Crippen LogP contribution in [0, 0.1) is 0 Å². The molecule has 2 fully saturated rings. The van der Waals surface area contributed by atoms with Gasteiger partial charge in [-0.3, -0.25) is 4.79 Å². The maximum atomic E-state index is 11.8. The number of amides is 1. The lowest BCUT2D eigenvalue weighted by Crippen LogP contribution is -2.42. The average Bonchev–Trinajstić information content (AvgIpc) is 2.80. The van der Waals surface area contributed by atoms with Gasteiger partial charge in [0.25, 0.3) is 0 Å². The molecule has 0 aromatic heterocycles. The minimum absolute atomic E-state index is 0.0375. The molecule has 0 spiro atoms. The second-order valence-corrected chi connectivity index (χ2v) is 5.55. The van der Waals surface area contributed by atoms with Crippen LogP contribution in [0.3, 0.4) is 0 Å². The topological polar surface area (TPSA) is 58.6 Å². The lowest BCUT2D eigenvalue weighted by molar-refractivity contribution is -0.123. The van der Waals surface area contributed by atoms with Crippen molar-refractivity contribution in [2.45, 2.75) is 76.0 Å². The van der Waals surface area contributed by atoms with Crippen LogP contribution in [-0.4, -0.2) is 35.9 Å². The summed E-state index contributed by atoms with van der Waals surface area (Å²) in [4.78, 5) is 11.8. The van der Waals surface area contributed by atoms with Crippen molar-refractivity contribution in [1.29, 1.82) is 0 Å². The van der Waals surface area contributed by atoms with E-state index in [1.165, 1.54) is 6.42 Å². The highest BCUT2D eigenvalue weighted by atomic mass is 16.5. The Morgan fingerprint density at radius 3 is 2.78 bits per heavy atom. The molecule has 0 bridgehead atoms. The molecule has 1 saturated heterocycles. The molecule has 0 aromatic carbocycles. The Morgan fingerprint density at radius 1 is 1.17 bits per heavy atom. The van der Waals surface area contributed by atoms with Crippen LogP contribution < -0.4 is 5.32 Å². The number of aliphatic hydroxyl groups is 1. The van der Waals surface area contributed by atoms with Crippen LogP contribution in [0.25, 0.3) is 0 Å². The second kappa shape index (κ2) is 7.10. The number of aliphatic hydroxyl groups excluding tert-OH is 1. The van der Waals surface area contributed by atoms with Crippen LogP contribution >= 0.6 is 0 Å². The normalized spacial score (nSPS) is 33.1. The molecule has 0 radical (unpaired) electrons. The summed E-state index contributed by atoms with van der Waals surface area (Å²) in [7, 11) is 0. The van der Waals surface area contributed by atoms with Gasteiger partial charge >= 0.3 is 0 Å². The predicted molar refractivity (Wildman–Crippen MR) is 69.2 cm³/mol. The third-order valence-electron chi connectivity index (χ3n) is 4.04. The molecule has 18 heavy (non-hydrogen) atoms. The van der Waals surface area contributed by atoms with E-state index in [2.05, 4.69) is 5.32 Å². The van der Waals surface area contributed by atoms with Crippen LogP contribution in [0.5, 0.6) is 0 Å². The maximum absolute atomic E-state index is 11.8. The van der Waals surface area contributed by atoms with Crippen molar-refractivity contribution in [3.8, 4) is 0 Å². The van der Waals surface area contributed by atoms with E-state index in [1.807, 2.05) is 0 Å². The first kappa shape index (κ1) is 13.8. The Morgan fingerprint density at radius 2 is 2.00 bits per heavy atom. The Labute approximate surface area is 109 Å². The molecule has 104 valence electrons. The molecule has 2 rings (SSSR count). The number of hydrogen-bond donors (Lipinski definition) is 2. The zero-order chi connectivity index (χ0) is 12.8. The van der Waals surface area contributed by atoms with Gasteiger partial charge in [-0.15, -0.1) is 0 Å². The summed E-state index contributed by atoms with van der Waals surface area (Å²) >= 11 is 0. The van der Waals surface area contributed by atoms with Crippen molar-refractivity contribution in [3.05, 3.63) is 0 Å². The number of rotatable bonds is 4. The van der Waals surface area contributed by atoms with E-state index in [9.17, 15) is 9.90 Å². The summed E-state index contributed by atoms with van der Waals surface area (Å²) in [5, 5.41) is 12.9. The molecule has 4 nitrogen and oxygen atoms in total. The van der Waals surface area contributed by atoms with Crippen molar-refractivity contribution in [2.75, 3.05) is 6.61 Å². The molecule has 1 aliphatic carbocycles. The number of hydrogen-bond acceptors (Lipinski definition) is 3. The lowest BCUT2D eigenvalue weighted by Gasteiger charge is -2.22. The molecule has 2 N–H and O–H groups in total. The molecule has 1 amide bonds. The van der Waals surface area contributed by atoms with E-state index in [0.29, 0.717) is 6.42 Å². The maximum Gasteiger partial charge on any atom is 0.220 e. The molecule has 1 saturated carbocycles. The second-order valence-electron chi connectivity index (χ2n) is 5.55. The van der Waals surface area contributed by atoms with Crippen LogP contribution in [0.4, 0.5) is 0 Å². The fourth-order valence-electron chi connectivity index (χ4n) is 2.90. The highest BCUT2D eigenvalue weighted by Gasteiger charge is 2.23. The third kappa shape index (κ3) is 4.25. The first-order valence-corrected chi connectivity index (χ1v) is 7.35. The van der Waals surface area contributed by atoms with Gasteiger partial charge in [0.2, 0.25) is 5.91 Å². The zero-order valence-corrected chi connectivity index (χ0v) is 11.1. The molecular formula is C14H25NO3. The van der Waals surface area contributed by atoms with Gasteiger partial charge in [0.15, 0.2) is 0 Å². The molecule has 4 heteroatoms. The predicted octanol–water partition coefficient (Wildman–Crippen LogP) is 1.76.